The maximum Gasteiger partial charge on any atom is 0.132 e. The highest BCUT2D eigenvalue weighted by Crippen LogP contribution is 2.33. The molecule has 4 heteroatoms. The van der Waals surface area contributed by atoms with Crippen LogP contribution in [0.25, 0.3) is 10.9 Å². The van der Waals surface area contributed by atoms with Gasteiger partial charge in [-0.3, -0.25) is 0 Å². The first kappa shape index (κ1) is 10.7. The number of fused-ring (bicyclic) bond motifs is 3. The second-order valence-corrected chi connectivity index (χ2v) is 4.50. The molecule has 1 aromatic heterocycles. The van der Waals surface area contributed by atoms with Crippen LogP contribution in [0.1, 0.15) is 17.3 Å². The van der Waals surface area contributed by atoms with E-state index in [4.69, 9.17) is 0 Å². The number of nitrogens with zero attached hydrogens (tertiary/aromatic N) is 1. The van der Waals surface area contributed by atoms with Gasteiger partial charge >= 0.3 is 0 Å². The molecule has 0 radical (unpaired) electrons. The van der Waals surface area contributed by atoms with Gasteiger partial charge in [0.2, 0.25) is 0 Å². The molecule has 3 nitrogen and oxygen atoms in total. The number of nitrogens with one attached hydrogen (secondary N) is 1. The number of aryl methyl sites for hydroxylation is 1. The summed E-state index contributed by atoms with van der Waals surface area (Å²) in [6.07, 6.45) is 0.810. The van der Waals surface area contributed by atoms with Crippen LogP contribution in [0.3, 0.4) is 0 Å². The van der Waals surface area contributed by atoms with Crippen molar-refractivity contribution in [2.45, 2.75) is 12.5 Å². The van der Waals surface area contributed by atoms with Crippen LogP contribution in [0.4, 0.5) is 4.39 Å². The molecule has 2 N–H and O–H groups in total. The average molecular weight is 234 g/mol. The summed E-state index contributed by atoms with van der Waals surface area (Å²) in [5.74, 6) is -0.169. The first-order valence-corrected chi connectivity index (χ1v) is 5.84. The van der Waals surface area contributed by atoms with Crippen LogP contribution in [-0.4, -0.2) is 22.8 Å². The molecule has 0 saturated heterocycles. The fourth-order valence-electron chi connectivity index (χ4n) is 2.87. The van der Waals surface area contributed by atoms with Crippen molar-refractivity contribution in [3.05, 3.63) is 35.3 Å². The Morgan fingerprint density at radius 3 is 3.12 bits per heavy atom. The van der Waals surface area contributed by atoms with Gasteiger partial charge in [-0.05, 0) is 30.7 Å². The highest BCUT2D eigenvalue weighted by Gasteiger charge is 2.26. The van der Waals surface area contributed by atoms with Crippen LogP contribution in [0.5, 0.6) is 0 Å². The molecule has 2 heterocycles. The Hall–Kier alpha value is -1.39. The number of benzene rings is 1. The molecule has 0 bridgehead atoms. The molecule has 1 unspecified atom stereocenters. The number of aliphatic hydroxyl groups excluding tert-OH is 1. The summed E-state index contributed by atoms with van der Waals surface area (Å²) in [5, 5.41) is 13.4. The third-order valence-electron chi connectivity index (χ3n) is 3.60. The number of hydrogen-bond acceptors (Lipinski definition) is 2. The van der Waals surface area contributed by atoms with Crippen LogP contribution in [0, 0.1) is 5.82 Å². The summed E-state index contributed by atoms with van der Waals surface area (Å²) in [7, 11) is 1.93. The van der Waals surface area contributed by atoms with E-state index in [2.05, 4.69) is 5.32 Å². The summed E-state index contributed by atoms with van der Waals surface area (Å²) < 4.78 is 15.9. The lowest BCUT2D eigenvalue weighted by molar-refractivity contribution is 0.235. The van der Waals surface area contributed by atoms with Gasteiger partial charge in [0.15, 0.2) is 0 Å². The number of aliphatic hydroxyl groups is 1. The highest BCUT2D eigenvalue weighted by molar-refractivity contribution is 5.86. The quantitative estimate of drug-likeness (QED) is 0.784. The van der Waals surface area contributed by atoms with E-state index in [0.29, 0.717) is 5.39 Å². The SMILES string of the molecule is Cn1c2c(c3c(F)cccc31)CCNC2CO. The Morgan fingerprint density at radius 1 is 1.53 bits per heavy atom. The minimum absolute atomic E-state index is 0.0405. The van der Waals surface area contributed by atoms with E-state index in [1.54, 1.807) is 6.07 Å². The molecule has 0 fully saturated rings. The molecule has 17 heavy (non-hydrogen) atoms. The Labute approximate surface area is 98.9 Å². The van der Waals surface area contributed by atoms with Gasteiger partial charge in [0.25, 0.3) is 0 Å². The number of halogens is 1. The van der Waals surface area contributed by atoms with E-state index in [0.717, 1.165) is 29.7 Å². The van der Waals surface area contributed by atoms with E-state index < -0.39 is 0 Å². The van der Waals surface area contributed by atoms with Crippen molar-refractivity contribution in [2.24, 2.45) is 7.05 Å². The minimum atomic E-state index is -0.169. The van der Waals surface area contributed by atoms with E-state index in [1.165, 1.54) is 6.07 Å². The van der Waals surface area contributed by atoms with Gasteiger partial charge in [0, 0.05) is 18.1 Å². The summed E-state index contributed by atoms with van der Waals surface area (Å²) in [6, 6.07) is 5.06. The van der Waals surface area contributed by atoms with Crippen LogP contribution in [0.2, 0.25) is 0 Å². The lowest BCUT2D eigenvalue weighted by Gasteiger charge is -2.24. The van der Waals surface area contributed by atoms with Gasteiger partial charge in [0.05, 0.1) is 18.2 Å². The Balaban J connectivity index is 2.37. The minimum Gasteiger partial charge on any atom is -0.394 e. The predicted octanol–water partition coefficient (Wildman–Crippen LogP) is 1.50. The maximum atomic E-state index is 13.9. The normalized spacial score (nSPS) is 19.6. The van der Waals surface area contributed by atoms with Crippen molar-refractivity contribution in [1.29, 1.82) is 0 Å². The average Bonchev–Trinajstić information content (AvgIpc) is 2.65. The maximum absolute atomic E-state index is 13.9. The molecule has 1 aromatic carbocycles. The number of aromatic nitrogens is 1. The zero-order valence-electron chi connectivity index (χ0n) is 9.70. The molecule has 0 saturated carbocycles. The molecule has 1 aliphatic heterocycles. The second-order valence-electron chi connectivity index (χ2n) is 4.50. The summed E-state index contributed by atoms with van der Waals surface area (Å²) >= 11 is 0. The molecule has 1 aliphatic rings. The van der Waals surface area contributed by atoms with E-state index in [-0.39, 0.29) is 18.5 Å². The Kier molecular flexibility index (Phi) is 2.42. The van der Waals surface area contributed by atoms with Crippen molar-refractivity contribution < 1.29 is 9.50 Å². The molecule has 3 rings (SSSR count). The van der Waals surface area contributed by atoms with Crippen molar-refractivity contribution in [1.82, 2.24) is 9.88 Å². The van der Waals surface area contributed by atoms with Gasteiger partial charge < -0.3 is 15.0 Å². The van der Waals surface area contributed by atoms with Gasteiger partial charge in [0.1, 0.15) is 5.82 Å². The van der Waals surface area contributed by atoms with Crippen LogP contribution in [-0.2, 0) is 13.5 Å². The zero-order valence-corrected chi connectivity index (χ0v) is 9.70. The van der Waals surface area contributed by atoms with Crippen molar-refractivity contribution in [3.63, 3.8) is 0 Å². The number of hydrogen-bond donors (Lipinski definition) is 2. The van der Waals surface area contributed by atoms with Gasteiger partial charge in [-0.1, -0.05) is 6.07 Å². The fourth-order valence-corrected chi connectivity index (χ4v) is 2.87. The molecule has 0 spiro atoms. The lowest BCUT2D eigenvalue weighted by atomic mass is 9.99. The van der Waals surface area contributed by atoms with Gasteiger partial charge in [-0.15, -0.1) is 0 Å². The van der Waals surface area contributed by atoms with Crippen molar-refractivity contribution >= 4 is 10.9 Å². The van der Waals surface area contributed by atoms with E-state index in [1.807, 2.05) is 17.7 Å². The monoisotopic (exact) mass is 234 g/mol. The molecule has 2 aromatic rings. The highest BCUT2D eigenvalue weighted by atomic mass is 19.1. The topological polar surface area (TPSA) is 37.2 Å². The summed E-state index contributed by atoms with van der Waals surface area (Å²) in [4.78, 5) is 0. The molecular formula is C13H15FN2O. The molecule has 90 valence electrons. The summed E-state index contributed by atoms with van der Waals surface area (Å²) in [6.45, 7) is 0.824. The Morgan fingerprint density at radius 2 is 2.35 bits per heavy atom. The van der Waals surface area contributed by atoms with Crippen LogP contribution >= 0.6 is 0 Å². The molecular weight excluding hydrogens is 219 g/mol. The fraction of sp³-hybridized carbons (Fsp3) is 0.385. The molecule has 1 atom stereocenters. The third kappa shape index (κ3) is 1.41. The lowest BCUT2D eigenvalue weighted by Crippen LogP contribution is -2.33. The van der Waals surface area contributed by atoms with E-state index in [9.17, 15) is 9.50 Å². The van der Waals surface area contributed by atoms with Crippen LogP contribution < -0.4 is 5.32 Å². The second kappa shape index (κ2) is 3.82. The first-order chi connectivity index (χ1) is 8.24. The van der Waals surface area contributed by atoms with Gasteiger partial charge in [-0.25, -0.2) is 4.39 Å². The van der Waals surface area contributed by atoms with Crippen molar-refractivity contribution in [2.75, 3.05) is 13.2 Å². The van der Waals surface area contributed by atoms with Gasteiger partial charge in [-0.2, -0.15) is 0 Å². The number of rotatable bonds is 1. The zero-order chi connectivity index (χ0) is 12.0. The largest absolute Gasteiger partial charge is 0.394 e. The van der Waals surface area contributed by atoms with Crippen LogP contribution in [0.15, 0.2) is 18.2 Å². The standard InChI is InChI=1S/C13H15FN2O/c1-16-11-4-2-3-9(14)12(11)8-5-6-15-10(7-17)13(8)16/h2-4,10,15,17H,5-7H2,1H3. The molecule has 0 amide bonds. The van der Waals surface area contributed by atoms with E-state index >= 15 is 0 Å². The molecule has 0 aliphatic carbocycles. The first-order valence-electron chi connectivity index (χ1n) is 5.84. The van der Waals surface area contributed by atoms with Crippen molar-refractivity contribution in [3.8, 4) is 0 Å². The predicted molar refractivity (Wildman–Crippen MR) is 64.4 cm³/mol. The smallest absolute Gasteiger partial charge is 0.132 e. The Bertz CT molecular complexity index is 576. The summed E-state index contributed by atoms with van der Waals surface area (Å²) in [5.41, 5.74) is 2.95. The third-order valence-corrected chi connectivity index (χ3v) is 3.60.